The average Bonchev–Trinajstić information content (AvgIpc) is 3.35. The third kappa shape index (κ3) is 5.76. The Hall–Kier alpha value is -2.99. The fraction of sp³-hybridized carbons (Fsp3) is 0.611. The number of imidazole rings is 1. The second-order valence-electron chi connectivity index (χ2n) is 7.39. The lowest BCUT2D eigenvalue weighted by atomic mass is 10.1. The molecule has 1 fully saturated rings. The van der Waals surface area contributed by atoms with Gasteiger partial charge in [0.15, 0.2) is 0 Å². The normalized spacial score (nSPS) is 20.1. The first-order valence-corrected chi connectivity index (χ1v) is 9.66. The maximum atomic E-state index is 12.9. The zero-order valence-electron chi connectivity index (χ0n) is 16.9. The van der Waals surface area contributed by atoms with Gasteiger partial charge in [0.25, 0.3) is 0 Å². The van der Waals surface area contributed by atoms with Crippen LogP contribution in [0.4, 0.5) is 0 Å². The van der Waals surface area contributed by atoms with Crippen molar-refractivity contribution in [2.45, 2.75) is 63.4 Å². The number of hydrogen-bond donors (Lipinski definition) is 6. The van der Waals surface area contributed by atoms with Crippen molar-refractivity contribution in [2.75, 3.05) is 6.54 Å². The third-order valence-corrected chi connectivity index (χ3v) is 4.89. The van der Waals surface area contributed by atoms with Gasteiger partial charge in [-0.3, -0.25) is 14.4 Å². The van der Waals surface area contributed by atoms with Gasteiger partial charge in [0.1, 0.15) is 18.1 Å². The summed E-state index contributed by atoms with van der Waals surface area (Å²) in [6, 6.07) is -4.26. The van der Waals surface area contributed by atoms with Gasteiger partial charge in [0.05, 0.1) is 18.5 Å². The Balaban J connectivity index is 2.10. The number of carbonyl (C=O) groups is 4. The summed E-state index contributed by atoms with van der Waals surface area (Å²) in [7, 11) is 0. The number of aromatic amines is 1. The molecule has 1 saturated heterocycles. The van der Waals surface area contributed by atoms with E-state index >= 15 is 0 Å². The van der Waals surface area contributed by atoms with Crippen LogP contribution in [0.1, 0.15) is 32.4 Å². The number of aliphatic hydroxyl groups excluding tert-OH is 1. The molecule has 12 heteroatoms. The molecule has 7 N–H and O–H groups in total. The second kappa shape index (κ2) is 10.2. The number of rotatable bonds is 9. The number of hydrogen-bond acceptors (Lipinski definition) is 7. The van der Waals surface area contributed by atoms with E-state index in [1.165, 1.54) is 31.3 Å². The zero-order chi connectivity index (χ0) is 22.4. The second-order valence-corrected chi connectivity index (χ2v) is 7.39. The average molecular weight is 424 g/mol. The molecule has 1 aromatic rings. The predicted octanol–water partition coefficient (Wildman–Crippen LogP) is -2.27. The number of H-pyrrole nitrogens is 1. The summed E-state index contributed by atoms with van der Waals surface area (Å²) >= 11 is 0. The molecule has 166 valence electrons. The first-order valence-electron chi connectivity index (χ1n) is 9.66. The number of carbonyl (C=O) groups excluding carboxylic acids is 3. The summed E-state index contributed by atoms with van der Waals surface area (Å²) in [6.07, 6.45) is 2.51. The zero-order valence-corrected chi connectivity index (χ0v) is 16.9. The van der Waals surface area contributed by atoms with Gasteiger partial charge in [0, 0.05) is 24.9 Å². The number of carboxylic acids is 1. The molecule has 0 spiro atoms. The van der Waals surface area contributed by atoms with Crippen LogP contribution in [0.5, 0.6) is 0 Å². The number of amides is 3. The number of likely N-dealkylation sites (tertiary alicyclic amines) is 1. The molecule has 1 aliphatic heterocycles. The molecule has 12 nitrogen and oxygen atoms in total. The number of nitrogens with zero attached hydrogens (tertiary/aromatic N) is 2. The van der Waals surface area contributed by atoms with Crippen LogP contribution in [-0.2, 0) is 25.6 Å². The molecule has 1 aromatic heterocycles. The Morgan fingerprint density at radius 1 is 1.33 bits per heavy atom. The van der Waals surface area contributed by atoms with Crippen LogP contribution in [0.2, 0.25) is 0 Å². The minimum atomic E-state index is -1.27. The van der Waals surface area contributed by atoms with E-state index in [0.29, 0.717) is 18.5 Å². The van der Waals surface area contributed by atoms with Gasteiger partial charge in [-0.15, -0.1) is 0 Å². The van der Waals surface area contributed by atoms with E-state index in [-0.39, 0.29) is 13.0 Å². The van der Waals surface area contributed by atoms with Crippen LogP contribution >= 0.6 is 0 Å². The molecule has 2 rings (SSSR count). The van der Waals surface area contributed by atoms with Gasteiger partial charge in [0.2, 0.25) is 17.7 Å². The Labute approximate surface area is 173 Å². The van der Waals surface area contributed by atoms with Crippen molar-refractivity contribution in [1.82, 2.24) is 25.5 Å². The lowest BCUT2D eigenvalue weighted by molar-refractivity contribution is -0.146. The van der Waals surface area contributed by atoms with Crippen LogP contribution in [0.25, 0.3) is 0 Å². The first-order chi connectivity index (χ1) is 14.1. The number of carboxylic acid groups (broad SMARTS) is 1. The van der Waals surface area contributed by atoms with E-state index in [1.807, 2.05) is 0 Å². The van der Waals surface area contributed by atoms with Crippen LogP contribution in [0, 0.1) is 0 Å². The van der Waals surface area contributed by atoms with Gasteiger partial charge >= 0.3 is 5.97 Å². The van der Waals surface area contributed by atoms with Crippen molar-refractivity contribution < 1.29 is 29.4 Å². The topological polar surface area (TPSA) is 191 Å². The SMILES string of the molecule is CC(N)C(=O)NC(C(=O)N1CCCC1C(=O)NC(Cc1cnc[nH]1)C(=O)O)C(C)O. The largest absolute Gasteiger partial charge is 0.480 e. The van der Waals surface area contributed by atoms with Crippen LogP contribution in [-0.4, -0.2) is 85.6 Å². The Bertz CT molecular complexity index is 765. The van der Waals surface area contributed by atoms with E-state index < -0.39 is 54.0 Å². The summed E-state index contributed by atoms with van der Waals surface area (Å²) in [5.41, 5.74) is 6.04. The van der Waals surface area contributed by atoms with Crippen molar-refractivity contribution >= 4 is 23.7 Å². The summed E-state index contributed by atoms with van der Waals surface area (Å²) in [6.45, 7) is 3.03. The molecule has 0 aliphatic carbocycles. The van der Waals surface area contributed by atoms with Crippen molar-refractivity contribution in [2.24, 2.45) is 5.73 Å². The van der Waals surface area contributed by atoms with E-state index in [2.05, 4.69) is 20.6 Å². The molecule has 0 bridgehead atoms. The molecule has 0 radical (unpaired) electrons. The van der Waals surface area contributed by atoms with E-state index in [1.54, 1.807) is 0 Å². The highest BCUT2D eigenvalue weighted by Crippen LogP contribution is 2.20. The van der Waals surface area contributed by atoms with Gasteiger partial charge in [-0.2, -0.15) is 0 Å². The molecule has 3 amide bonds. The van der Waals surface area contributed by atoms with Crippen molar-refractivity contribution in [1.29, 1.82) is 0 Å². The molecular weight excluding hydrogens is 396 g/mol. The minimum Gasteiger partial charge on any atom is -0.480 e. The predicted molar refractivity (Wildman–Crippen MR) is 104 cm³/mol. The third-order valence-electron chi connectivity index (χ3n) is 4.89. The Kier molecular flexibility index (Phi) is 7.89. The van der Waals surface area contributed by atoms with Crippen LogP contribution in [0.15, 0.2) is 12.5 Å². The smallest absolute Gasteiger partial charge is 0.326 e. The molecule has 5 unspecified atom stereocenters. The lowest BCUT2D eigenvalue weighted by Gasteiger charge is -2.30. The quantitative estimate of drug-likeness (QED) is 0.255. The van der Waals surface area contributed by atoms with Crippen LogP contribution < -0.4 is 16.4 Å². The number of nitrogens with two attached hydrogens (primary N) is 1. The highest BCUT2D eigenvalue weighted by atomic mass is 16.4. The molecule has 2 heterocycles. The molecule has 30 heavy (non-hydrogen) atoms. The number of nitrogens with one attached hydrogen (secondary N) is 3. The van der Waals surface area contributed by atoms with Crippen molar-refractivity contribution in [3.05, 3.63) is 18.2 Å². The van der Waals surface area contributed by atoms with Gasteiger partial charge in [-0.05, 0) is 26.7 Å². The van der Waals surface area contributed by atoms with Crippen LogP contribution in [0.3, 0.4) is 0 Å². The maximum Gasteiger partial charge on any atom is 0.326 e. The minimum absolute atomic E-state index is 0.00246. The number of aliphatic carboxylic acids is 1. The highest BCUT2D eigenvalue weighted by molar-refractivity contribution is 5.94. The van der Waals surface area contributed by atoms with Gasteiger partial charge in [-0.1, -0.05) is 0 Å². The standard InChI is InChI=1S/C18H28N6O6/c1-9(19)15(26)23-14(10(2)25)17(28)24-5-3-4-13(24)16(27)22-12(18(29)30)6-11-7-20-8-21-11/h7-10,12-14,25H,3-6,19H2,1-2H3,(H,20,21)(H,22,27)(H,23,26)(H,29,30). The summed E-state index contributed by atoms with van der Waals surface area (Å²) in [5.74, 6) is -3.08. The maximum absolute atomic E-state index is 12.9. The molecule has 1 aliphatic rings. The van der Waals surface area contributed by atoms with Gasteiger partial charge in [-0.25, -0.2) is 9.78 Å². The monoisotopic (exact) mass is 424 g/mol. The summed E-state index contributed by atoms with van der Waals surface area (Å²) < 4.78 is 0. The van der Waals surface area contributed by atoms with Crippen molar-refractivity contribution in [3.63, 3.8) is 0 Å². The fourth-order valence-corrected chi connectivity index (χ4v) is 3.24. The molecule has 0 saturated carbocycles. The van der Waals surface area contributed by atoms with E-state index in [9.17, 15) is 29.4 Å². The van der Waals surface area contributed by atoms with Gasteiger partial charge < -0.3 is 36.5 Å². The first kappa shape index (κ1) is 23.3. The number of aromatic nitrogens is 2. The fourth-order valence-electron chi connectivity index (χ4n) is 3.24. The summed E-state index contributed by atoms with van der Waals surface area (Å²) in [4.78, 5) is 57.0. The molecule has 0 aromatic carbocycles. The Morgan fingerprint density at radius 3 is 2.57 bits per heavy atom. The molecular formula is C18H28N6O6. The van der Waals surface area contributed by atoms with E-state index in [4.69, 9.17) is 5.73 Å². The summed E-state index contributed by atoms with van der Waals surface area (Å²) in [5, 5.41) is 24.3. The molecule has 5 atom stereocenters. The Morgan fingerprint density at radius 2 is 2.03 bits per heavy atom. The lowest BCUT2D eigenvalue weighted by Crippen LogP contribution is -2.59. The van der Waals surface area contributed by atoms with E-state index in [0.717, 1.165) is 0 Å². The number of aliphatic hydroxyl groups is 1. The highest BCUT2D eigenvalue weighted by Gasteiger charge is 2.40. The van der Waals surface area contributed by atoms with Crippen molar-refractivity contribution in [3.8, 4) is 0 Å².